The Morgan fingerprint density at radius 1 is 0.980 bits per heavy atom. The normalized spacial score (nSPS) is 19.8. The molecule has 0 radical (unpaired) electrons. The summed E-state index contributed by atoms with van der Waals surface area (Å²) in [5.41, 5.74) is 2.70. The summed E-state index contributed by atoms with van der Waals surface area (Å²) >= 11 is 0. The van der Waals surface area contributed by atoms with E-state index in [1.807, 2.05) is 74.5 Å². The van der Waals surface area contributed by atoms with E-state index in [0.29, 0.717) is 42.4 Å². The van der Waals surface area contributed by atoms with Gasteiger partial charge in [-0.1, -0.05) is 73.7 Å². The topological polar surface area (TPSA) is 103 Å². The van der Waals surface area contributed by atoms with Crippen LogP contribution in [0, 0.1) is 5.92 Å². The SMILES string of the molecule is C[C@H](CO)N1C[C@H](C)[C@H](CN(C)Cc2ccccc2)OCCCC[C@H](C)Oc2ccc(NC(=O)Nc3cccc4ccccc34)cc2C1=O. The smallest absolute Gasteiger partial charge is 0.323 e. The molecular formula is C40H50N4O5. The number of urea groups is 1. The molecule has 0 spiro atoms. The van der Waals surface area contributed by atoms with Crippen LogP contribution in [-0.4, -0.2) is 78.4 Å². The van der Waals surface area contributed by atoms with E-state index in [1.165, 1.54) is 5.56 Å². The maximum absolute atomic E-state index is 14.5. The van der Waals surface area contributed by atoms with Crippen molar-refractivity contribution >= 4 is 34.1 Å². The summed E-state index contributed by atoms with van der Waals surface area (Å²) in [6.45, 7) is 8.23. The summed E-state index contributed by atoms with van der Waals surface area (Å²) in [5.74, 6) is 0.144. The highest BCUT2D eigenvalue weighted by Gasteiger charge is 2.30. The van der Waals surface area contributed by atoms with Gasteiger partial charge in [0.05, 0.1) is 36.1 Å². The first-order valence-corrected chi connectivity index (χ1v) is 17.3. The predicted octanol–water partition coefficient (Wildman–Crippen LogP) is 7.41. The van der Waals surface area contributed by atoms with Crippen LogP contribution >= 0.6 is 0 Å². The van der Waals surface area contributed by atoms with Gasteiger partial charge >= 0.3 is 6.03 Å². The van der Waals surface area contributed by atoms with Crippen molar-refractivity contribution in [2.24, 2.45) is 5.92 Å². The molecule has 1 heterocycles. The minimum absolute atomic E-state index is 0.0322. The lowest BCUT2D eigenvalue weighted by Crippen LogP contribution is -2.47. The molecule has 49 heavy (non-hydrogen) atoms. The zero-order valence-electron chi connectivity index (χ0n) is 29.1. The summed E-state index contributed by atoms with van der Waals surface area (Å²) < 4.78 is 12.9. The number of hydrogen-bond donors (Lipinski definition) is 3. The molecule has 9 nitrogen and oxygen atoms in total. The highest BCUT2D eigenvalue weighted by molar-refractivity contribution is 6.07. The molecule has 1 aliphatic heterocycles. The number of nitrogens with zero attached hydrogens (tertiary/aromatic N) is 2. The van der Waals surface area contributed by atoms with Crippen LogP contribution in [0.3, 0.4) is 0 Å². The lowest BCUT2D eigenvalue weighted by atomic mass is 10.0. The molecule has 0 unspecified atom stereocenters. The molecule has 0 aliphatic carbocycles. The lowest BCUT2D eigenvalue weighted by molar-refractivity contribution is -0.0177. The van der Waals surface area contributed by atoms with Crippen LogP contribution in [0.1, 0.15) is 56.0 Å². The van der Waals surface area contributed by atoms with E-state index in [1.54, 1.807) is 23.1 Å². The molecule has 4 atom stereocenters. The molecule has 0 saturated carbocycles. The van der Waals surface area contributed by atoms with Gasteiger partial charge in [-0.25, -0.2) is 4.79 Å². The minimum Gasteiger partial charge on any atom is -0.490 e. The fourth-order valence-corrected chi connectivity index (χ4v) is 6.35. The molecule has 0 fully saturated rings. The molecular weight excluding hydrogens is 616 g/mol. The van der Waals surface area contributed by atoms with E-state index in [4.69, 9.17) is 9.47 Å². The minimum atomic E-state index is -0.456. The van der Waals surface area contributed by atoms with Gasteiger partial charge in [0.2, 0.25) is 0 Å². The maximum Gasteiger partial charge on any atom is 0.323 e. The summed E-state index contributed by atoms with van der Waals surface area (Å²) in [4.78, 5) is 31.6. The van der Waals surface area contributed by atoms with Crippen molar-refractivity contribution in [3.8, 4) is 5.75 Å². The third kappa shape index (κ3) is 9.81. The van der Waals surface area contributed by atoms with Crippen molar-refractivity contribution in [1.29, 1.82) is 0 Å². The molecule has 4 aromatic carbocycles. The third-order valence-corrected chi connectivity index (χ3v) is 9.13. The van der Waals surface area contributed by atoms with Crippen molar-refractivity contribution in [2.75, 3.05) is 44.0 Å². The fourth-order valence-electron chi connectivity index (χ4n) is 6.35. The van der Waals surface area contributed by atoms with Crippen LogP contribution in [0.2, 0.25) is 0 Å². The largest absolute Gasteiger partial charge is 0.490 e. The second-order valence-corrected chi connectivity index (χ2v) is 13.3. The Kier molecular flexibility index (Phi) is 12.6. The summed E-state index contributed by atoms with van der Waals surface area (Å²) in [6, 6.07) is 28.2. The number of amides is 3. The Morgan fingerprint density at radius 3 is 2.53 bits per heavy atom. The van der Waals surface area contributed by atoms with Gasteiger partial charge in [-0.05, 0) is 75.4 Å². The van der Waals surface area contributed by atoms with Crippen molar-refractivity contribution < 1.29 is 24.2 Å². The van der Waals surface area contributed by atoms with Gasteiger partial charge in [-0.15, -0.1) is 0 Å². The first-order chi connectivity index (χ1) is 23.7. The van der Waals surface area contributed by atoms with E-state index in [2.05, 4.69) is 41.6 Å². The molecule has 260 valence electrons. The molecule has 3 amide bonds. The second-order valence-electron chi connectivity index (χ2n) is 13.3. The quantitative estimate of drug-likeness (QED) is 0.181. The number of anilines is 2. The number of carbonyl (C=O) groups excluding carboxylic acids is 2. The van der Waals surface area contributed by atoms with Crippen molar-refractivity contribution in [1.82, 2.24) is 9.80 Å². The van der Waals surface area contributed by atoms with Crippen LogP contribution in [0.15, 0.2) is 91.0 Å². The molecule has 0 aromatic heterocycles. The monoisotopic (exact) mass is 666 g/mol. The molecule has 0 saturated heterocycles. The van der Waals surface area contributed by atoms with Crippen LogP contribution in [0.5, 0.6) is 5.75 Å². The average molecular weight is 667 g/mol. The fraction of sp³-hybridized carbons (Fsp3) is 0.400. The standard InChI is InChI=1S/C40H50N4O5/c1-28-24-44(29(2)27-45)39(46)35-23-33(41-40(47)42-36-19-12-17-32-16-8-9-18-34(32)36)20-21-37(35)49-30(3)13-10-11-22-48-38(28)26-43(4)25-31-14-6-5-7-15-31/h5-9,12,14-21,23,28-30,38,45H,10-11,13,22,24-27H2,1-4H3,(H2,41,42,47)/t28-,29+,30-,38-/m0/s1. The number of nitrogens with one attached hydrogen (secondary N) is 2. The van der Waals surface area contributed by atoms with Crippen molar-refractivity contribution in [3.63, 3.8) is 0 Å². The third-order valence-electron chi connectivity index (χ3n) is 9.13. The van der Waals surface area contributed by atoms with E-state index in [-0.39, 0.29) is 30.6 Å². The number of fused-ring (bicyclic) bond motifs is 2. The lowest BCUT2D eigenvalue weighted by Gasteiger charge is -2.36. The Balaban J connectivity index is 1.39. The molecule has 3 N–H and O–H groups in total. The Labute approximate surface area is 290 Å². The van der Waals surface area contributed by atoms with Gasteiger partial charge in [-0.3, -0.25) is 9.69 Å². The number of hydrogen-bond acceptors (Lipinski definition) is 6. The zero-order valence-corrected chi connectivity index (χ0v) is 29.1. The van der Waals surface area contributed by atoms with Crippen molar-refractivity contribution in [2.45, 2.75) is 64.8 Å². The first-order valence-electron chi connectivity index (χ1n) is 17.3. The number of aliphatic hydroxyl groups excluding tert-OH is 1. The van der Waals surface area contributed by atoms with Crippen LogP contribution in [0.25, 0.3) is 10.8 Å². The molecule has 4 aromatic rings. The number of benzene rings is 4. The Bertz CT molecular complexity index is 1680. The van der Waals surface area contributed by atoms with Crippen LogP contribution in [-0.2, 0) is 11.3 Å². The summed E-state index contributed by atoms with van der Waals surface area (Å²) in [7, 11) is 2.09. The highest BCUT2D eigenvalue weighted by Crippen LogP contribution is 2.29. The van der Waals surface area contributed by atoms with Gasteiger partial charge in [0.15, 0.2) is 0 Å². The number of rotatable bonds is 8. The molecule has 5 rings (SSSR count). The van der Waals surface area contributed by atoms with E-state index < -0.39 is 12.1 Å². The summed E-state index contributed by atoms with van der Waals surface area (Å²) in [6.07, 6.45) is 2.36. The Hall–Kier alpha value is -4.44. The van der Waals surface area contributed by atoms with Crippen LogP contribution < -0.4 is 15.4 Å². The van der Waals surface area contributed by atoms with Gasteiger partial charge in [-0.2, -0.15) is 0 Å². The number of ether oxygens (including phenoxy) is 2. The zero-order chi connectivity index (χ0) is 34.8. The number of carbonyl (C=O) groups is 2. The number of likely N-dealkylation sites (N-methyl/N-ethyl adjacent to an activating group) is 1. The highest BCUT2D eigenvalue weighted by atomic mass is 16.5. The second kappa shape index (κ2) is 17.3. The van der Waals surface area contributed by atoms with E-state index in [9.17, 15) is 14.7 Å². The molecule has 9 heteroatoms. The Morgan fingerprint density at radius 2 is 1.73 bits per heavy atom. The van der Waals surface area contributed by atoms with E-state index >= 15 is 0 Å². The van der Waals surface area contributed by atoms with E-state index in [0.717, 1.165) is 36.6 Å². The van der Waals surface area contributed by atoms with Crippen LogP contribution in [0.4, 0.5) is 16.2 Å². The molecule has 0 bridgehead atoms. The first kappa shape index (κ1) is 35.9. The van der Waals surface area contributed by atoms with Gasteiger partial charge in [0.25, 0.3) is 5.91 Å². The average Bonchev–Trinajstić information content (AvgIpc) is 3.10. The molecule has 1 aliphatic rings. The number of aliphatic hydroxyl groups is 1. The van der Waals surface area contributed by atoms with Crippen molar-refractivity contribution in [3.05, 3.63) is 102 Å². The van der Waals surface area contributed by atoms with Gasteiger partial charge in [0.1, 0.15) is 5.75 Å². The maximum atomic E-state index is 14.5. The van der Waals surface area contributed by atoms with Gasteiger partial charge < -0.3 is 30.1 Å². The van der Waals surface area contributed by atoms with Gasteiger partial charge in [0, 0.05) is 43.2 Å². The summed E-state index contributed by atoms with van der Waals surface area (Å²) in [5, 5.41) is 18.1. The predicted molar refractivity (Wildman–Crippen MR) is 196 cm³/mol.